The van der Waals surface area contributed by atoms with Gasteiger partial charge in [-0.2, -0.15) is 0 Å². The molecule has 1 aliphatic carbocycles. The fraction of sp³-hybridized carbons (Fsp3) is 0.407. The molecule has 6 nitrogen and oxygen atoms in total. The predicted octanol–water partition coefficient (Wildman–Crippen LogP) is 4.43. The number of carbonyl (C=O) groups is 2. The molecule has 2 aliphatic heterocycles. The van der Waals surface area contributed by atoms with Crippen LogP contribution < -0.4 is 0 Å². The Morgan fingerprint density at radius 2 is 1.68 bits per heavy atom. The highest BCUT2D eigenvalue weighted by Crippen LogP contribution is 2.55. The van der Waals surface area contributed by atoms with Gasteiger partial charge >= 0.3 is 6.09 Å². The van der Waals surface area contributed by atoms with E-state index in [0.29, 0.717) is 5.57 Å². The second-order valence-corrected chi connectivity index (χ2v) is 12.7. The summed E-state index contributed by atoms with van der Waals surface area (Å²) in [5.74, 6) is -0.833. The maximum atomic E-state index is 13.7. The van der Waals surface area contributed by atoms with Gasteiger partial charge in [0.05, 0.1) is 22.1 Å². The van der Waals surface area contributed by atoms with Crippen molar-refractivity contribution in [2.24, 2.45) is 11.8 Å². The first-order valence-electron chi connectivity index (χ1n) is 11.6. The van der Waals surface area contributed by atoms with Gasteiger partial charge in [0.25, 0.3) is 0 Å². The number of hydrogen-bond donors (Lipinski definition) is 0. The van der Waals surface area contributed by atoms with Gasteiger partial charge in [0.15, 0.2) is 15.6 Å². The van der Waals surface area contributed by atoms with E-state index < -0.39 is 44.8 Å². The van der Waals surface area contributed by atoms with E-state index in [-0.39, 0.29) is 23.0 Å². The molecule has 2 fully saturated rings. The number of aryl methyl sites for hydroxylation is 1. The summed E-state index contributed by atoms with van der Waals surface area (Å²) in [5.41, 5.74) is 1.68. The number of nitrogens with zero attached hydrogens (tertiary/aromatic N) is 1. The second-order valence-electron chi connectivity index (χ2n) is 10.5. The molecule has 0 spiro atoms. The number of carbonyl (C=O) groups excluding carboxylic acids is 2. The average Bonchev–Trinajstić information content (AvgIpc) is 3.42. The third-order valence-electron chi connectivity index (χ3n) is 7.12. The van der Waals surface area contributed by atoms with E-state index >= 15 is 0 Å². The van der Waals surface area contributed by atoms with Crippen LogP contribution in [0.5, 0.6) is 0 Å². The number of Topliss-reactive ketones (excluding diaryl/α,β-unsaturated/α-hetero) is 1. The second kappa shape index (κ2) is 7.80. The van der Waals surface area contributed by atoms with Crippen molar-refractivity contribution in [3.05, 3.63) is 71.8 Å². The molecule has 2 heterocycles. The zero-order chi connectivity index (χ0) is 24.4. The third-order valence-corrected chi connectivity index (χ3v) is 9.32. The molecule has 5 rings (SSSR count). The standard InChI is InChI=1S/C27H29NO5S/c1-16-10-12-18(13-11-16)34(31,32)22-15-21-23-20(24(22)28(21)26(30)33-27(2,3)4)14-19(25(23)29)17-8-6-5-7-9-17/h5-14,20-24H,15H2,1-4H3/t20-,21-,22+,23+,24-/m0/s1. The van der Waals surface area contributed by atoms with E-state index in [2.05, 4.69) is 0 Å². The monoisotopic (exact) mass is 479 g/mol. The number of rotatable bonds is 3. The van der Waals surface area contributed by atoms with E-state index in [1.807, 2.05) is 43.3 Å². The van der Waals surface area contributed by atoms with Gasteiger partial charge in [-0.25, -0.2) is 13.2 Å². The van der Waals surface area contributed by atoms with Gasteiger partial charge in [-0.1, -0.05) is 54.1 Å². The molecule has 34 heavy (non-hydrogen) atoms. The molecule has 5 atom stereocenters. The Labute approximate surface area is 200 Å². The van der Waals surface area contributed by atoms with Crippen LogP contribution in [0.1, 0.15) is 38.3 Å². The highest BCUT2D eigenvalue weighted by atomic mass is 32.2. The summed E-state index contributed by atoms with van der Waals surface area (Å²) in [4.78, 5) is 28.5. The lowest BCUT2D eigenvalue weighted by Gasteiger charge is -2.30. The molecule has 1 amide bonds. The minimum Gasteiger partial charge on any atom is -0.444 e. The average molecular weight is 480 g/mol. The van der Waals surface area contributed by atoms with Crippen molar-refractivity contribution in [2.45, 2.75) is 61.9 Å². The highest BCUT2D eigenvalue weighted by molar-refractivity contribution is 7.92. The summed E-state index contributed by atoms with van der Waals surface area (Å²) < 4.78 is 33.1. The predicted molar refractivity (Wildman–Crippen MR) is 129 cm³/mol. The molecule has 2 saturated heterocycles. The molecule has 178 valence electrons. The Morgan fingerprint density at radius 1 is 1.03 bits per heavy atom. The number of ether oxygens (including phenoxy) is 1. The molecule has 0 radical (unpaired) electrons. The molecule has 0 saturated carbocycles. The molecule has 3 aliphatic rings. The lowest BCUT2D eigenvalue weighted by molar-refractivity contribution is -0.118. The van der Waals surface area contributed by atoms with E-state index in [1.54, 1.807) is 49.9 Å². The fourth-order valence-electron chi connectivity index (χ4n) is 5.76. The molecule has 2 bridgehead atoms. The van der Waals surface area contributed by atoms with Crippen molar-refractivity contribution in [3.8, 4) is 0 Å². The van der Waals surface area contributed by atoms with Gasteiger partial charge in [0.2, 0.25) is 0 Å². The Bertz CT molecular complexity index is 1270. The number of fused-ring (bicyclic) bond motifs is 5. The maximum Gasteiger partial charge on any atom is 0.410 e. The fourth-order valence-corrected chi connectivity index (χ4v) is 7.76. The van der Waals surface area contributed by atoms with E-state index in [9.17, 15) is 18.0 Å². The number of ketones is 1. The molecule has 2 aromatic carbocycles. The van der Waals surface area contributed by atoms with E-state index in [4.69, 9.17) is 4.74 Å². The maximum absolute atomic E-state index is 13.7. The number of benzene rings is 2. The van der Waals surface area contributed by atoms with Gasteiger partial charge in [0, 0.05) is 17.5 Å². The SMILES string of the molecule is Cc1ccc(S(=O)(=O)[C@@H]2C[C@H]3[C@@H]4C(=O)C(c5ccccc5)=C[C@@H]4[C@@H]2N3C(=O)OC(C)(C)C)cc1. The Hall–Kier alpha value is -2.93. The smallest absolute Gasteiger partial charge is 0.410 e. The van der Waals surface area contributed by atoms with Gasteiger partial charge < -0.3 is 4.74 Å². The number of hydrogen-bond acceptors (Lipinski definition) is 5. The van der Waals surface area contributed by atoms with Gasteiger partial charge in [-0.15, -0.1) is 0 Å². The highest BCUT2D eigenvalue weighted by Gasteiger charge is 2.66. The van der Waals surface area contributed by atoms with Crippen LogP contribution >= 0.6 is 0 Å². The van der Waals surface area contributed by atoms with Crippen LogP contribution in [0.15, 0.2) is 65.6 Å². The van der Waals surface area contributed by atoms with Crippen LogP contribution in [-0.2, 0) is 19.4 Å². The van der Waals surface area contributed by atoms with Crippen LogP contribution in [0, 0.1) is 18.8 Å². The molecule has 7 heteroatoms. The third kappa shape index (κ3) is 3.57. The molecule has 0 aromatic heterocycles. The summed E-state index contributed by atoms with van der Waals surface area (Å²) in [5, 5.41) is -0.798. The Kier molecular flexibility index (Phi) is 5.24. The molecular weight excluding hydrogens is 450 g/mol. The Balaban J connectivity index is 1.57. The van der Waals surface area contributed by atoms with Crippen molar-refractivity contribution in [1.82, 2.24) is 4.90 Å². The van der Waals surface area contributed by atoms with Gasteiger partial charge in [0.1, 0.15) is 5.60 Å². The van der Waals surface area contributed by atoms with Crippen LogP contribution in [0.4, 0.5) is 4.79 Å². The summed E-state index contributed by atoms with van der Waals surface area (Å²) >= 11 is 0. The summed E-state index contributed by atoms with van der Waals surface area (Å²) in [6.45, 7) is 7.25. The number of amides is 1. The van der Waals surface area contributed by atoms with Crippen molar-refractivity contribution in [2.75, 3.05) is 0 Å². The Morgan fingerprint density at radius 3 is 2.29 bits per heavy atom. The zero-order valence-electron chi connectivity index (χ0n) is 19.8. The molecular formula is C27H29NO5S. The number of allylic oxidation sites excluding steroid dienone is 1. The van der Waals surface area contributed by atoms with Crippen molar-refractivity contribution in [1.29, 1.82) is 0 Å². The minimum atomic E-state index is -3.72. The van der Waals surface area contributed by atoms with Crippen LogP contribution in [0.3, 0.4) is 0 Å². The van der Waals surface area contributed by atoms with Crippen molar-refractivity contribution in [3.63, 3.8) is 0 Å². The summed E-state index contributed by atoms with van der Waals surface area (Å²) in [7, 11) is -3.72. The lowest BCUT2D eigenvalue weighted by atomic mass is 9.80. The first-order valence-corrected chi connectivity index (χ1v) is 13.2. The van der Waals surface area contributed by atoms with Gasteiger partial charge in [-0.05, 0) is 51.8 Å². The topological polar surface area (TPSA) is 80.8 Å². The summed E-state index contributed by atoms with van der Waals surface area (Å²) in [6, 6.07) is 15.1. The van der Waals surface area contributed by atoms with Crippen LogP contribution in [0.25, 0.3) is 5.57 Å². The van der Waals surface area contributed by atoms with Crippen molar-refractivity contribution >= 4 is 27.3 Å². The largest absolute Gasteiger partial charge is 0.444 e. The normalized spacial score (nSPS) is 28.1. The molecule has 2 aromatic rings. The first kappa shape index (κ1) is 22.8. The van der Waals surface area contributed by atoms with Crippen LogP contribution in [0.2, 0.25) is 0 Å². The molecule has 0 unspecified atom stereocenters. The zero-order valence-corrected chi connectivity index (χ0v) is 20.6. The minimum absolute atomic E-state index is 0.0246. The number of sulfone groups is 1. The lowest BCUT2D eigenvalue weighted by Crippen LogP contribution is -2.45. The first-order chi connectivity index (χ1) is 16.0. The summed E-state index contributed by atoms with van der Waals surface area (Å²) in [6.07, 6.45) is 1.56. The molecule has 0 N–H and O–H groups in total. The van der Waals surface area contributed by atoms with E-state index in [1.165, 1.54) is 0 Å². The van der Waals surface area contributed by atoms with Crippen LogP contribution in [-0.4, -0.2) is 48.1 Å². The quantitative estimate of drug-likeness (QED) is 0.651. The van der Waals surface area contributed by atoms with Gasteiger partial charge in [-0.3, -0.25) is 9.69 Å². The van der Waals surface area contributed by atoms with Crippen molar-refractivity contribution < 1.29 is 22.7 Å². The van der Waals surface area contributed by atoms with E-state index in [0.717, 1.165) is 11.1 Å².